The Morgan fingerprint density at radius 2 is 1.88 bits per heavy atom. The van der Waals surface area contributed by atoms with Gasteiger partial charge in [0.1, 0.15) is 0 Å². The van der Waals surface area contributed by atoms with E-state index in [9.17, 15) is 13.2 Å². The summed E-state index contributed by atoms with van der Waals surface area (Å²) in [4.78, 5) is 10.5. The first-order valence-corrected chi connectivity index (χ1v) is 6.98. The van der Waals surface area contributed by atoms with Gasteiger partial charge in [0.05, 0.1) is 18.4 Å². The topological polar surface area (TPSA) is 74.7 Å². The third kappa shape index (κ3) is 4.24. The lowest BCUT2D eigenvalue weighted by molar-refractivity contribution is -0.136. The number of benzene rings is 1. The Balaban J connectivity index is 2.98. The molecule has 0 saturated heterocycles. The van der Waals surface area contributed by atoms with E-state index in [0.717, 1.165) is 10.6 Å². The second-order valence-electron chi connectivity index (χ2n) is 3.46. The molecule has 0 bridgehead atoms. The van der Waals surface area contributed by atoms with Crippen molar-refractivity contribution in [3.8, 4) is 0 Å². The van der Waals surface area contributed by atoms with Crippen molar-refractivity contribution in [1.82, 2.24) is 0 Å². The Labute approximate surface area is 105 Å². The predicted molar refractivity (Wildman–Crippen MR) is 65.9 cm³/mol. The average Bonchev–Trinajstić information content (AvgIpc) is 2.18. The summed E-state index contributed by atoms with van der Waals surface area (Å²) in [5.74, 6) is -1.05. The van der Waals surface area contributed by atoms with Gasteiger partial charge in [-0.15, -0.1) is 0 Å². The van der Waals surface area contributed by atoms with Crippen LogP contribution in [0.4, 0.5) is 5.69 Å². The largest absolute Gasteiger partial charge is 0.481 e. The number of carbonyl (C=O) groups is 1. The van der Waals surface area contributed by atoms with Crippen LogP contribution in [0.2, 0.25) is 5.02 Å². The molecule has 0 aliphatic carbocycles. The van der Waals surface area contributed by atoms with E-state index in [4.69, 9.17) is 16.7 Å². The number of halogens is 1. The highest BCUT2D eigenvalue weighted by Crippen LogP contribution is 2.20. The molecule has 0 radical (unpaired) electrons. The van der Waals surface area contributed by atoms with Gasteiger partial charge in [0, 0.05) is 11.6 Å². The number of hydrogen-bond acceptors (Lipinski definition) is 3. The Morgan fingerprint density at radius 3 is 2.29 bits per heavy atom. The van der Waals surface area contributed by atoms with Gasteiger partial charge >= 0.3 is 5.97 Å². The molecule has 1 N–H and O–H groups in total. The van der Waals surface area contributed by atoms with Crippen LogP contribution in [0.5, 0.6) is 0 Å². The van der Waals surface area contributed by atoms with Gasteiger partial charge < -0.3 is 5.11 Å². The van der Waals surface area contributed by atoms with Gasteiger partial charge in [-0.1, -0.05) is 11.6 Å². The molecule has 0 spiro atoms. The zero-order chi connectivity index (χ0) is 13.1. The Hall–Kier alpha value is -1.27. The highest BCUT2D eigenvalue weighted by molar-refractivity contribution is 7.92. The fourth-order valence-electron chi connectivity index (χ4n) is 1.29. The fourth-order valence-corrected chi connectivity index (χ4v) is 2.34. The molecule has 0 heterocycles. The lowest BCUT2D eigenvalue weighted by Gasteiger charge is -2.21. The van der Waals surface area contributed by atoms with Crippen molar-refractivity contribution in [3.63, 3.8) is 0 Å². The van der Waals surface area contributed by atoms with Gasteiger partial charge in [-0.3, -0.25) is 9.10 Å². The zero-order valence-electron chi connectivity index (χ0n) is 9.13. The van der Waals surface area contributed by atoms with Gasteiger partial charge in [0.2, 0.25) is 10.0 Å². The smallest absolute Gasteiger partial charge is 0.305 e. The van der Waals surface area contributed by atoms with Crippen molar-refractivity contribution in [2.75, 3.05) is 17.1 Å². The summed E-state index contributed by atoms with van der Waals surface area (Å²) in [5.41, 5.74) is 0.401. The number of rotatable bonds is 5. The minimum absolute atomic E-state index is 0.101. The van der Waals surface area contributed by atoms with Gasteiger partial charge in [-0.05, 0) is 24.3 Å². The van der Waals surface area contributed by atoms with E-state index in [1.807, 2.05) is 0 Å². The normalized spacial score (nSPS) is 11.2. The third-order valence-corrected chi connectivity index (χ3v) is 3.49. The monoisotopic (exact) mass is 277 g/mol. The van der Waals surface area contributed by atoms with Crippen LogP contribution < -0.4 is 4.31 Å². The molecule has 17 heavy (non-hydrogen) atoms. The maximum absolute atomic E-state index is 11.5. The molecule has 0 aliphatic heterocycles. The van der Waals surface area contributed by atoms with Crippen molar-refractivity contribution < 1.29 is 18.3 Å². The minimum Gasteiger partial charge on any atom is -0.481 e. The maximum Gasteiger partial charge on any atom is 0.305 e. The Kier molecular flexibility index (Phi) is 4.36. The molecule has 0 fully saturated rings. The second-order valence-corrected chi connectivity index (χ2v) is 5.80. The van der Waals surface area contributed by atoms with Crippen LogP contribution >= 0.6 is 11.6 Å². The van der Waals surface area contributed by atoms with E-state index in [2.05, 4.69) is 0 Å². The summed E-state index contributed by atoms with van der Waals surface area (Å²) >= 11 is 5.70. The molecule has 5 nitrogen and oxygen atoms in total. The van der Waals surface area contributed by atoms with E-state index >= 15 is 0 Å². The van der Waals surface area contributed by atoms with Gasteiger partial charge in [-0.25, -0.2) is 8.42 Å². The van der Waals surface area contributed by atoms with Crippen LogP contribution in [0.25, 0.3) is 0 Å². The quantitative estimate of drug-likeness (QED) is 0.887. The van der Waals surface area contributed by atoms with Crippen molar-refractivity contribution in [2.45, 2.75) is 6.42 Å². The Morgan fingerprint density at radius 1 is 1.35 bits per heavy atom. The number of carboxylic acids is 1. The molecule has 7 heteroatoms. The molecule has 1 rings (SSSR count). The van der Waals surface area contributed by atoms with E-state index < -0.39 is 16.0 Å². The number of hydrogen-bond donors (Lipinski definition) is 1. The molecule has 0 aromatic heterocycles. The van der Waals surface area contributed by atoms with Crippen molar-refractivity contribution >= 4 is 33.3 Å². The molecule has 1 aromatic carbocycles. The van der Waals surface area contributed by atoms with Crippen LogP contribution in [-0.4, -0.2) is 32.3 Å². The fraction of sp³-hybridized carbons (Fsp3) is 0.300. The summed E-state index contributed by atoms with van der Waals surface area (Å²) in [6.07, 6.45) is 0.777. The van der Waals surface area contributed by atoms with E-state index in [-0.39, 0.29) is 13.0 Å². The Bertz CT molecular complexity index is 498. The van der Waals surface area contributed by atoms with Crippen LogP contribution in [0.1, 0.15) is 6.42 Å². The number of nitrogens with zero attached hydrogens (tertiary/aromatic N) is 1. The van der Waals surface area contributed by atoms with Crippen LogP contribution in [0.3, 0.4) is 0 Å². The van der Waals surface area contributed by atoms with Crippen molar-refractivity contribution in [3.05, 3.63) is 29.3 Å². The molecule has 0 unspecified atom stereocenters. The molecule has 0 saturated carbocycles. The average molecular weight is 278 g/mol. The predicted octanol–water partition coefficient (Wildman–Crippen LogP) is 1.58. The number of carboxylic acid groups (broad SMARTS) is 1. The molecule has 94 valence electrons. The van der Waals surface area contributed by atoms with Crippen LogP contribution in [0, 0.1) is 0 Å². The van der Waals surface area contributed by atoms with Crippen LogP contribution in [-0.2, 0) is 14.8 Å². The first kappa shape index (κ1) is 13.8. The lowest BCUT2D eigenvalue weighted by atomic mass is 10.3. The second kappa shape index (κ2) is 5.37. The molecule has 1 aromatic rings. The van der Waals surface area contributed by atoms with Crippen molar-refractivity contribution in [1.29, 1.82) is 0 Å². The van der Waals surface area contributed by atoms with E-state index in [1.165, 1.54) is 12.1 Å². The summed E-state index contributed by atoms with van der Waals surface area (Å²) in [7, 11) is -3.50. The summed E-state index contributed by atoms with van der Waals surface area (Å²) in [5, 5.41) is 9.06. The summed E-state index contributed by atoms with van der Waals surface area (Å²) in [6.45, 7) is -0.101. The highest BCUT2D eigenvalue weighted by atomic mass is 35.5. The van der Waals surface area contributed by atoms with Gasteiger partial charge in [0.15, 0.2) is 0 Å². The van der Waals surface area contributed by atoms with E-state index in [1.54, 1.807) is 12.1 Å². The summed E-state index contributed by atoms with van der Waals surface area (Å²) in [6, 6.07) is 6.17. The molecular formula is C10H12ClNO4S. The lowest BCUT2D eigenvalue weighted by Crippen LogP contribution is -2.31. The number of aliphatic carboxylic acids is 1. The maximum atomic E-state index is 11.5. The van der Waals surface area contributed by atoms with E-state index in [0.29, 0.717) is 10.7 Å². The number of sulfonamides is 1. The third-order valence-electron chi connectivity index (χ3n) is 2.04. The first-order valence-electron chi connectivity index (χ1n) is 4.76. The first-order chi connectivity index (χ1) is 7.80. The van der Waals surface area contributed by atoms with Gasteiger partial charge in [-0.2, -0.15) is 0 Å². The SMILES string of the molecule is CS(=O)(=O)N(CCC(=O)O)c1ccc(Cl)cc1. The standard InChI is InChI=1S/C10H12ClNO4S/c1-17(15,16)12(7-6-10(13)14)9-4-2-8(11)3-5-9/h2-5H,6-7H2,1H3,(H,13,14). The highest BCUT2D eigenvalue weighted by Gasteiger charge is 2.18. The minimum atomic E-state index is -3.50. The molecule has 0 atom stereocenters. The molecule has 0 aliphatic rings. The van der Waals surface area contributed by atoms with Gasteiger partial charge in [0.25, 0.3) is 0 Å². The molecule has 0 amide bonds. The van der Waals surface area contributed by atoms with Crippen LogP contribution in [0.15, 0.2) is 24.3 Å². The zero-order valence-corrected chi connectivity index (χ0v) is 10.7. The van der Waals surface area contributed by atoms with Crippen molar-refractivity contribution in [2.24, 2.45) is 0 Å². The number of anilines is 1. The molecular weight excluding hydrogens is 266 g/mol. The summed E-state index contributed by atoms with van der Waals surface area (Å²) < 4.78 is 24.1.